The van der Waals surface area contributed by atoms with Crippen LogP contribution in [0.3, 0.4) is 0 Å². The first-order valence-corrected chi connectivity index (χ1v) is 6.75. The minimum absolute atomic E-state index is 0.153. The van der Waals surface area contributed by atoms with Gasteiger partial charge in [-0.05, 0) is 36.9 Å². The van der Waals surface area contributed by atoms with Gasteiger partial charge in [0.15, 0.2) is 0 Å². The summed E-state index contributed by atoms with van der Waals surface area (Å²) in [6.45, 7) is 4.02. The van der Waals surface area contributed by atoms with Crippen LogP contribution < -0.4 is 5.32 Å². The minimum Gasteiger partial charge on any atom is -0.316 e. The van der Waals surface area contributed by atoms with E-state index in [0.717, 1.165) is 44.3 Å². The van der Waals surface area contributed by atoms with Crippen LogP contribution in [0.2, 0.25) is 0 Å². The minimum atomic E-state index is -0.807. The molecule has 0 radical (unpaired) electrons. The van der Waals surface area contributed by atoms with Crippen LogP contribution >= 0.6 is 0 Å². The molecule has 1 aromatic rings. The summed E-state index contributed by atoms with van der Waals surface area (Å²) < 4.78 is 14.3. The number of alkyl halides is 1. The van der Waals surface area contributed by atoms with Crippen LogP contribution in [-0.4, -0.2) is 13.1 Å². The molecule has 0 amide bonds. The largest absolute Gasteiger partial charge is 0.316 e. The second-order valence-corrected chi connectivity index (χ2v) is 5.00. The van der Waals surface area contributed by atoms with E-state index in [1.54, 1.807) is 0 Å². The Morgan fingerprint density at radius 2 is 2.12 bits per heavy atom. The maximum Gasteiger partial charge on any atom is 0.129 e. The molecule has 1 heterocycles. The molecule has 0 aliphatic carbocycles. The zero-order valence-electron chi connectivity index (χ0n) is 10.6. The average molecular weight is 235 g/mol. The molecule has 2 atom stereocenters. The molecule has 0 bridgehead atoms. The van der Waals surface area contributed by atoms with Crippen molar-refractivity contribution in [1.82, 2.24) is 5.32 Å². The molecule has 1 aromatic carbocycles. The van der Waals surface area contributed by atoms with E-state index in [1.807, 2.05) is 12.1 Å². The van der Waals surface area contributed by atoms with Gasteiger partial charge in [0, 0.05) is 12.5 Å². The van der Waals surface area contributed by atoms with Gasteiger partial charge in [0.2, 0.25) is 0 Å². The van der Waals surface area contributed by atoms with Crippen LogP contribution in [0.4, 0.5) is 4.39 Å². The van der Waals surface area contributed by atoms with Gasteiger partial charge < -0.3 is 5.32 Å². The SMILES string of the molecule is CCCc1ccc(C(F)C2CCCNC2)cc1. The quantitative estimate of drug-likeness (QED) is 0.840. The summed E-state index contributed by atoms with van der Waals surface area (Å²) in [6.07, 6.45) is 3.52. The highest BCUT2D eigenvalue weighted by Gasteiger charge is 2.24. The van der Waals surface area contributed by atoms with Gasteiger partial charge in [-0.2, -0.15) is 0 Å². The predicted octanol–water partition coefficient (Wildman–Crippen LogP) is 3.65. The van der Waals surface area contributed by atoms with E-state index in [-0.39, 0.29) is 5.92 Å². The highest BCUT2D eigenvalue weighted by atomic mass is 19.1. The molecule has 2 rings (SSSR count). The van der Waals surface area contributed by atoms with Gasteiger partial charge >= 0.3 is 0 Å². The van der Waals surface area contributed by atoms with Crippen molar-refractivity contribution in [2.75, 3.05) is 13.1 Å². The number of hydrogen-bond acceptors (Lipinski definition) is 1. The fourth-order valence-electron chi connectivity index (χ4n) is 2.56. The Labute approximate surface area is 103 Å². The standard InChI is InChI=1S/C15H22FN/c1-2-4-12-6-8-13(9-7-12)15(16)14-5-3-10-17-11-14/h6-9,14-15,17H,2-5,10-11H2,1H3. The van der Waals surface area contributed by atoms with Crippen molar-refractivity contribution < 1.29 is 4.39 Å². The summed E-state index contributed by atoms with van der Waals surface area (Å²) in [5.74, 6) is 0.153. The highest BCUT2D eigenvalue weighted by Crippen LogP contribution is 2.30. The molecule has 1 saturated heterocycles. The van der Waals surface area contributed by atoms with Gasteiger partial charge in [0.05, 0.1) is 0 Å². The van der Waals surface area contributed by atoms with E-state index in [4.69, 9.17) is 0 Å². The van der Waals surface area contributed by atoms with E-state index in [2.05, 4.69) is 24.4 Å². The maximum absolute atomic E-state index is 14.3. The van der Waals surface area contributed by atoms with E-state index >= 15 is 0 Å². The summed E-state index contributed by atoms with van der Waals surface area (Å²) in [5.41, 5.74) is 2.16. The average Bonchev–Trinajstić information content (AvgIpc) is 2.40. The van der Waals surface area contributed by atoms with Crippen LogP contribution in [0.5, 0.6) is 0 Å². The Hall–Kier alpha value is -0.890. The number of hydrogen-bond donors (Lipinski definition) is 1. The summed E-state index contributed by atoms with van der Waals surface area (Å²) in [6, 6.07) is 8.07. The molecule has 94 valence electrons. The fourth-order valence-corrected chi connectivity index (χ4v) is 2.56. The van der Waals surface area contributed by atoms with Crippen LogP contribution in [-0.2, 0) is 6.42 Å². The molecular weight excluding hydrogens is 213 g/mol. The summed E-state index contributed by atoms with van der Waals surface area (Å²) in [7, 11) is 0. The van der Waals surface area contributed by atoms with Gasteiger partial charge in [0.25, 0.3) is 0 Å². The Bertz CT molecular complexity index is 327. The number of rotatable bonds is 4. The summed E-state index contributed by atoms with van der Waals surface area (Å²) in [4.78, 5) is 0. The smallest absolute Gasteiger partial charge is 0.129 e. The van der Waals surface area contributed by atoms with Crippen molar-refractivity contribution in [1.29, 1.82) is 0 Å². The third-order valence-electron chi connectivity index (χ3n) is 3.59. The lowest BCUT2D eigenvalue weighted by molar-refractivity contribution is 0.194. The second kappa shape index (κ2) is 6.15. The molecule has 0 aromatic heterocycles. The van der Waals surface area contributed by atoms with E-state index in [9.17, 15) is 4.39 Å². The third-order valence-corrected chi connectivity index (χ3v) is 3.59. The van der Waals surface area contributed by atoms with Crippen LogP contribution in [0.25, 0.3) is 0 Å². The summed E-state index contributed by atoms with van der Waals surface area (Å²) >= 11 is 0. The predicted molar refractivity (Wildman–Crippen MR) is 69.9 cm³/mol. The molecule has 1 N–H and O–H groups in total. The zero-order chi connectivity index (χ0) is 12.1. The molecule has 17 heavy (non-hydrogen) atoms. The molecule has 0 spiro atoms. The van der Waals surface area contributed by atoms with Crippen molar-refractivity contribution in [2.45, 2.75) is 38.8 Å². The Kier molecular flexibility index (Phi) is 4.55. The van der Waals surface area contributed by atoms with E-state index < -0.39 is 6.17 Å². The van der Waals surface area contributed by atoms with Crippen LogP contribution in [0.1, 0.15) is 43.5 Å². The fraction of sp³-hybridized carbons (Fsp3) is 0.600. The lowest BCUT2D eigenvalue weighted by Gasteiger charge is -2.26. The summed E-state index contributed by atoms with van der Waals surface area (Å²) in [5, 5.41) is 3.28. The lowest BCUT2D eigenvalue weighted by Crippen LogP contribution is -2.32. The molecule has 1 aliphatic heterocycles. The monoisotopic (exact) mass is 235 g/mol. The molecule has 0 saturated carbocycles. The number of piperidine rings is 1. The first-order valence-electron chi connectivity index (χ1n) is 6.75. The zero-order valence-corrected chi connectivity index (χ0v) is 10.6. The Balaban J connectivity index is 2.00. The third kappa shape index (κ3) is 3.29. The first kappa shape index (κ1) is 12.6. The van der Waals surface area contributed by atoms with Gasteiger partial charge in [-0.3, -0.25) is 0 Å². The van der Waals surface area contributed by atoms with Gasteiger partial charge in [0.1, 0.15) is 6.17 Å². The maximum atomic E-state index is 14.3. The molecule has 2 heteroatoms. The van der Waals surface area contributed by atoms with Gasteiger partial charge in [-0.1, -0.05) is 37.6 Å². The lowest BCUT2D eigenvalue weighted by atomic mass is 9.90. The van der Waals surface area contributed by atoms with Crippen molar-refractivity contribution in [3.05, 3.63) is 35.4 Å². The topological polar surface area (TPSA) is 12.0 Å². The first-order chi connectivity index (χ1) is 8.31. The van der Waals surface area contributed by atoms with Crippen molar-refractivity contribution in [3.63, 3.8) is 0 Å². The van der Waals surface area contributed by atoms with Crippen LogP contribution in [0, 0.1) is 5.92 Å². The number of benzene rings is 1. The van der Waals surface area contributed by atoms with Gasteiger partial charge in [-0.25, -0.2) is 4.39 Å². The van der Waals surface area contributed by atoms with Crippen LogP contribution in [0.15, 0.2) is 24.3 Å². The van der Waals surface area contributed by atoms with Crippen molar-refractivity contribution in [3.8, 4) is 0 Å². The van der Waals surface area contributed by atoms with E-state index in [1.165, 1.54) is 5.56 Å². The Morgan fingerprint density at radius 3 is 2.71 bits per heavy atom. The van der Waals surface area contributed by atoms with E-state index in [0.29, 0.717) is 0 Å². The number of halogens is 1. The molecule has 1 nitrogen and oxygen atoms in total. The highest BCUT2D eigenvalue weighted by molar-refractivity contribution is 5.25. The molecule has 2 unspecified atom stereocenters. The molecule has 1 aliphatic rings. The molecular formula is C15H22FN. The normalized spacial score (nSPS) is 22.4. The van der Waals surface area contributed by atoms with Crippen molar-refractivity contribution >= 4 is 0 Å². The van der Waals surface area contributed by atoms with Crippen molar-refractivity contribution in [2.24, 2.45) is 5.92 Å². The number of nitrogens with one attached hydrogen (secondary N) is 1. The second-order valence-electron chi connectivity index (χ2n) is 5.00. The van der Waals surface area contributed by atoms with Gasteiger partial charge in [-0.15, -0.1) is 0 Å². The molecule has 1 fully saturated rings. The Morgan fingerprint density at radius 1 is 1.35 bits per heavy atom. The number of aryl methyl sites for hydroxylation is 1.